The molecule has 0 radical (unpaired) electrons. The summed E-state index contributed by atoms with van der Waals surface area (Å²) in [6, 6.07) is 0. The number of carbonyl (C=O) groups is 3. The van der Waals surface area contributed by atoms with Crippen molar-refractivity contribution in [3.8, 4) is 0 Å². The van der Waals surface area contributed by atoms with E-state index in [1.54, 1.807) is 0 Å². The molecule has 0 heterocycles. The van der Waals surface area contributed by atoms with E-state index < -0.39 is 6.10 Å². The second kappa shape index (κ2) is 52.8. The highest BCUT2D eigenvalue weighted by Gasteiger charge is 2.19. The fourth-order valence-corrected chi connectivity index (χ4v) is 9.20. The van der Waals surface area contributed by atoms with E-state index in [4.69, 9.17) is 14.2 Å². The number of rotatable bonds is 54. The number of esters is 3. The standard InChI is InChI=1S/C60H116O6/c1-6-8-9-10-33-40-45-50-58(61)64-53-57(66-60(63)52-47-42-37-32-28-24-20-16-15-17-21-25-29-34-38-43-48-55(3)4)54-65-59(62)51-46-41-36-31-27-23-19-14-12-11-13-18-22-26-30-35-39-44-49-56(5)7-2/h55-57H,6-54H2,1-5H3/t56?,57-/m1/s1. The monoisotopic (exact) mass is 933 g/mol. The maximum absolute atomic E-state index is 12.8. The van der Waals surface area contributed by atoms with Gasteiger partial charge in [0.25, 0.3) is 0 Å². The molecule has 0 saturated heterocycles. The minimum Gasteiger partial charge on any atom is -0.462 e. The Kier molecular flexibility index (Phi) is 51.5. The summed E-state index contributed by atoms with van der Waals surface area (Å²) in [6.07, 6.45) is 56.9. The summed E-state index contributed by atoms with van der Waals surface area (Å²) in [7, 11) is 0. The Morgan fingerprint density at radius 2 is 0.576 bits per heavy atom. The largest absolute Gasteiger partial charge is 0.462 e. The third-order valence-electron chi connectivity index (χ3n) is 14.1. The van der Waals surface area contributed by atoms with Crippen molar-refractivity contribution in [3.63, 3.8) is 0 Å². The van der Waals surface area contributed by atoms with Crippen LogP contribution in [0.25, 0.3) is 0 Å². The fraction of sp³-hybridized carbons (Fsp3) is 0.950. The zero-order chi connectivity index (χ0) is 48.2. The average molecular weight is 934 g/mol. The lowest BCUT2D eigenvalue weighted by molar-refractivity contribution is -0.167. The lowest BCUT2D eigenvalue weighted by Gasteiger charge is -2.18. The molecule has 6 heteroatoms. The first kappa shape index (κ1) is 64.4. The van der Waals surface area contributed by atoms with Crippen molar-refractivity contribution in [2.45, 2.75) is 343 Å². The molecule has 392 valence electrons. The summed E-state index contributed by atoms with van der Waals surface area (Å²) in [6.45, 7) is 11.4. The van der Waals surface area contributed by atoms with E-state index in [0.717, 1.165) is 69.6 Å². The lowest BCUT2D eigenvalue weighted by atomic mass is 9.99. The predicted octanol–water partition coefficient (Wildman–Crippen LogP) is 19.7. The Morgan fingerprint density at radius 1 is 0.318 bits per heavy atom. The van der Waals surface area contributed by atoms with Crippen LogP contribution in [-0.4, -0.2) is 37.2 Å². The zero-order valence-electron chi connectivity index (χ0n) is 45.3. The van der Waals surface area contributed by atoms with Crippen LogP contribution in [0, 0.1) is 11.8 Å². The Balaban J connectivity index is 4.11. The molecule has 0 aromatic heterocycles. The molecule has 0 aromatic rings. The lowest BCUT2D eigenvalue weighted by Crippen LogP contribution is -2.30. The summed E-state index contributed by atoms with van der Waals surface area (Å²) in [5, 5.41) is 0. The van der Waals surface area contributed by atoms with Crippen LogP contribution in [0.2, 0.25) is 0 Å². The maximum atomic E-state index is 12.8. The average Bonchev–Trinajstić information content (AvgIpc) is 3.30. The van der Waals surface area contributed by atoms with Gasteiger partial charge in [0.15, 0.2) is 6.10 Å². The second-order valence-electron chi connectivity index (χ2n) is 21.4. The molecule has 0 aromatic carbocycles. The van der Waals surface area contributed by atoms with E-state index in [9.17, 15) is 14.4 Å². The van der Waals surface area contributed by atoms with Crippen LogP contribution in [0.5, 0.6) is 0 Å². The molecule has 0 amide bonds. The van der Waals surface area contributed by atoms with Gasteiger partial charge in [-0.2, -0.15) is 0 Å². The highest BCUT2D eigenvalue weighted by Crippen LogP contribution is 2.19. The third kappa shape index (κ3) is 51.8. The SMILES string of the molecule is CCCCCCCCCC(=O)OC[C@H](COC(=O)CCCCCCCCCCCCCCCCCCCCC(C)CC)OC(=O)CCCCCCCCCCCCCCCCCCC(C)C. The molecule has 66 heavy (non-hydrogen) atoms. The molecule has 0 N–H and O–H groups in total. The molecule has 0 rings (SSSR count). The number of hydrogen-bond acceptors (Lipinski definition) is 6. The van der Waals surface area contributed by atoms with Gasteiger partial charge in [-0.25, -0.2) is 0 Å². The van der Waals surface area contributed by atoms with Gasteiger partial charge in [0.05, 0.1) is 0 Å². The van der Waals surface area contributed by atoms with E-state index in [-0.39, 0.29) is 31.1 Å². The van der Waals surface area contributed by atoms with E-state index in [1.807, 2.05) is 0 Å². The second-order valence-corrected chi connectivity index (χ2v) is 21.4. The minimum atomic E-state index is -0.761. The van der Waals surface area contributed by atoms with Crippen LogP contribution in [0.15, 0.2) is 0 Å². The molecule has 6 nitrogen and oxygen atoms in total. The molecule has 1 unspecified atom stereocenters. The van der Waals surface area contributed by atoms with Gasteiger partial charge < -0.3 is 14.2 Å². The van der Waals surface area contributed by atoms with Crippen LogP contribution in [0.1, 0.15) is 336 Å². The van der Waals surface area contributed by atoms with Crippen LogP contribution < -0.4 is 0 Å². The van der Waals surface area contributed by atoms with Crippen LogP contribution >= 0.6 is 0 Å². The molecule has 0 aliphatic carbocycles. The van der Waals surface area contributed by atoms with Gasteiger partial charge in [-0.15, -0.1) is 0 Å². The highest BCUT2D eigenvalue weighted by molar-refractivity contribution is 5.71. The summed E-state index contributed by atoms with van der Waals surface area (Å²) in [5.41, 5.74) is 0. The fourth-order valence-electron chi connectivity index (χ4n) is 9.20. The number of unbranched alkanes of at least 4 members (excludes halogenated alkanes) is 38. The maximum Gasteiger partial charge on any atom is 0.306 e. The molecule has 0 bridgehead atoms. The van der Waals surface area contributed by atoms with Crippen molar-refractivity contribution in [2.24, 2.45) is 11.8 Å². The number of ether oxygens (including phenoxy) is 3. The summed E-state index contributed by atoms with van der Waals surface area (Å²) in [5.74, 6) is 0.917. The van der Waals surface area contributed by atoms with E-state index in [2.05, 4.69) is 34.6 Å². The number of carbonyl (C=O) groups excluding carboxylic acids is 3. The van der Waals surface area contributed by atoms with E-state index in [1.165, 1.54) is 225 Å². The van der Waals surface area contributed by atoms with Crippen LogP contribution in [0.3, 0.4) is 0 Å². The van der Waals surface area contributed by atoms with E-state index >= 15 is 0 Å². The Hall–Kier alpha value is -1.59. The van der Waals surface area contributed by atoms with E-state index in [0.29, 0.717) is 19.3 Å². The van der Waals surface area contributed by atoms with Crippen molar-refractivity contribution < 1.29 is 28.6 Å². The molecule has 0 fully saturated rings. The smallest absolute Gasteiger partial charge is 0.306 e. The zero-order valence-corrected chi connectivity index (χ0v) is 45.3. The molecule has 0 saturated carbocycles. The molecule has 0 aliphatic rings. The van der Waals surface area contributed by atoms with Gasteiger partial charge >= 0.3 is 17.9 Å². The Labute approximate surface area is 412 Å². The summed E-state index contributed by atoms with van der Waals surface area (Å²) in [4.78, 5) is 38.0. The van der Waals surface area contributed by atoms with Gasteiger partial charge in [-0.1, -0.05) is 298 Å². The van der Waals surface area contributed by atoms with Crippen molar-refractivity contribution >= 4 is 17.9 Å². The summed E-state index contributed by atoms with van der Waals surface area (Å²) < 4.78 is 16.8. The van der Waals surface area contributed by atoms with Crippen molar-refractivity contribution in [1.29, 1.82) is 0 Å². The minimum absolute atomic E-state index is 0.0629. The van der Waals surface area contributed by atoms with Gasteiger partial charge in [-0.05, 0) is 31.1 Å². The number of hydrogen-bond donors (Lipinski definition) is 0. The van der Waals surface area contributed by atoms with Gasteiger partial charge in [-0.3, -0.25) is 14.4 Å². The quantitative estimate of drug-likeness (QED) is 0.0343. The first-order valence-corrected chi connectivity index (χ1v) is 29.8. The molecule has 0 aliphatic heterocycles. The van der Waals surface area contributed by atoms with Gasteiger partial charge in [0.2, 0.25) is 0 Å². The van der Waals surface area contributed by atoms with Crippen LogP contribution in [-0.2, 0) is 28.6 Å². The van der Waals surface area contributed by atoms with Crippen molar-refractivity contribution in [3.05, 3.63) is 0 Å². The molecule has 2 atom stereocenters. The topological polar surface area (TPSA) is 78.9 Å². The first-order valence-electron chi connectivity index (χ1n) is 29.8. The van der Waals surface area contributed by atoms with Crippen molar-refractivity contribution in [2.75, 3.05) is 13.2 Å². The third-order valence-corrected chi connectivity index (χ3v) is 14.1. The van der Waals surface area contributed by atoms with Crippen LogP contribution in [0.4, 0.5) is 0 Å². The normalized spacial score (nSPS) is 12.5. The van der Waals surface area contributed by atoms with Crippen molar-refractivity contribution in [1.82, 2.24) is 0 Å². The summed E-state index contributed by atoms with van der Waals surface area (Å²) >= 11 is 0. The predicted molar refractivity (Wildman–Crippen MR) is 284 cm³/mol. The Morgan fingerprint density at radius 3 is 0.864 bits per heavy atom. The first-order chi connectivity index (χ1) is 32.3. The molecule has 0 spiro atoms. The molecular weight excluding hydrogens is 817 g/mol. The highest BCUT2D eigenvalue weighted by atomic mass is 16.6. The van der Waals surface area contributed by atoms with Gasteiger partial charge in [0, 0.05) is 19.3 Å². The Bertz CT molecular complexity index is 1010. The van der Waals surface area contributed by atoms with Gasteiger partial charge in [0.1, 0.15) is 13.2 Å². The molecular formula is C60H116O6.